The second-order valence-electron chi connectivity index (χ2n) is 4.46. The van der Waals surface area contributed by atoms with Gasteiger partial charge in [-0.15, -0.1) is 0 Å². The van der Waals surface area contributed by atoms with Gasteiger partial charge in [0.2, 0.25) is 0 Å². The van der Waals surface area contributed by atoms with Gasteiger partial charge >= 0.3 is 23.2 Å². The zero-order chi connectivity index (χ0) is 19.5. The van der Waals surface area contributed by atoms with Gasteiger partial charge in [-0.05, 0) is 42.8 Å². The van der Waals surface area contributed by atoms with Crippen LogP contribution >= 0.6 is 27.5 Å². The van der Waals surface area contributed by atoms with Gasteiger partial charge in [-0.3, -0.25) is 0 Å². The molecule has 1 aromatic rings. The molecule has 1 rings (SSSR count). The van der Waals surface area contributed by atoms with Crippen LogP contribution in [0.1, 0.15) is 6.92 Å². The van der Waals surface area contributed by atoms with Crippen molar-refractivity contribution in [2.45, 2.75) is 24.2 Å². The Bertz CT molecular complexity index is 643. The molecule has 0 aliphatic heterocycles. The van der Waals surface area contributed by atoms with Crippen LogP contribution in [-0.2, 0) is 9.53 Å². The molecular weight excluding hydrogens is 445 g/mol. The van der Waals surface area contributed by atoms with E-state index in [0.29, 0.717) is 4.47 Å². The van der Waals surface area contributed by atoms with Crippen molar-refractivity contribution in [1.29, 1.82) is 0 Å². The molecule has 0 unspecified atom stereocenters. The van der Waals surface area contributed by atoms with E-state index in [-0.39, 0.29) is 12.7 Å². The van der Waals surface area contributed by atoms with Crippen molar-refractivity contribution in [1.82, 2.24) is 0 Å². The van der Waals surface area contributed by atoms with Crippen LogP contribution < -0.4 is 4.74 Å². The molecule has 0 saturated carbocycles. The first-order valence-corrected chi connectivity index (χ1v) is 7.64. The SMILES string of the molecule is CCOC(=O)/C=C(\Oc1ccc(Br)cc1)C(F)(F)C(F)(F)C(F)(F)Cl. The van der Waals surface area contributed by atoms with E-state index in [1.54, 1.807) is 0 Å². The molecule has 0 heterocycles. The summed E-state index contributed by atoms with van der Waals surface area (Å²) < 4.78 is 89.8. The van der Waals surface area contributed by atoms with Crippen molar-refractivity contribution in [3.05, 3.63) is 40.6 Å². The Kier molecular flexibility index (Phi) is 6.80. The number of hydrogen-bond donors (Lipinski definition) is 0. The summed E-state index contributed by atoms with van der Waals surface area (Å²) in [6, 6.07) is 4.78. The summed E-state index contributed by atoms with van der Waals surface area (Å²) in [5.74, 6) is -15.6. The first kappa shape index (κ1) is 21.6. The lowest BCUT2D eigenvalue weighted by atomic mass is 10.1. The molecule has 0 radical (unpaired) electrons. The summed E-state index contributed by atoms with van der Waals surface area (Å²) in [4.78, 5) is 11.3. The Morgan fingerprint density at radius 3 is 2.12 bits per heavy atom. The van der Waals surface area contributed by atoms with E-state index in [4.69, 9.17) is 0 Å². The molecular formula is C14H10BrClF6O3. The number of benzene rings is 1. The minimum absolute atomic E-state index is 0.137. The minimum atomic E-state index is -6.05. The van der Waals surface area contributed by atoms with Gasteiger partial charge in [0.15, 0.2) is 5.76 Å². The Labute approximate surface area is 151 Å². The summed E-state index contributed by atoms with van der Waals surface area (Å²) in [7, 11) is 0. The number of rotatable bonds is 7. The normalized spacial score (nSPS) is 13.6. The van der Waals surface area contributed by atoms with Crippen LogP contribution in [0, 0.1) is 0 Å². The molecule has 0 amide bonds. The first-order chi connectivity index (χ1) is 11.3. The Hall–Kier alpha value is -1.42. The number of hydrogen-bond acceptors (Lipinski definition) is 3. The zero-order valence-electron chi connectivity index (χ0n) is 12.3. The van der Waals surface area contributed by atoms with E-state index in [9.17, 15) is 31.1 Å². The van der Waals surface area contributed by atoms with Crippen LogP contribution in [0.4, 0.5) is 26.3 Å². The van der Waals surface area contributed by atoms with Gasteiger partial charge < -0.3 is 9.47 Å². The molecule has 25 heavy (non-hydrogen) atoms. The largest absolute Gasteiger partial charge is 0.463 e. The van der Waals surface area contributed by atoms with Crippen LogP contribution in [-0.4, -0.2) is 29.8 Å². The Morgan fingerprint density at radius 2 is 1.68 bits per heavy atom. The summed E-state index contributed by atoms with van der Waals surface area (Å²) in [5.41, 5.74) is 0. The van der Waals surface area contributed by atoms with E-state index >= 15 is 0 Å². The molecule has 0 fully saturated rings. The monoisotopic (exact) mass is 454 g/mol. The molecule has 0 saturated heterocycles. The van der Waals surface area contributed by atoms with E-state index in [1.165, 1.54) is 19.1 Å². The van der Waals surface area contributed by atoms with Crippen LogP contribution in [0.5, 0.6) is 5.75 Å². The zero-order valence-corrected chi connectivity index (χ0v) is 14.7. The fraction of sp³-hybridized carbons (Fsp3) is 0.357. The lowest BCUT2D eigenvalue weighted by Gasteiger charge is -2.30. The predicted octanol–water partition coefficient (Wildman–Crippen LogP) is 5.38. The van der Waals surface area contributed by atoms with Crippen molar-refractivity contribution in [2.75, 3.05) is 6.61 Å². The number of carbonyl (C=O) groups is 1. The van der Waals surface area contributed by atoms with Gasteiger partial charge in [0.05, 0.1) is 12.7 Å². The van der Waals surface area contributed by atoms with Crippen molar-refractivity contribution < 1.29 is 40.6 Å². The van der Waals surface area contributed by atoms with E-state index in [2.05, 4.69) is 37.0 Å². The number of halogens is 8. The molecule has 140 valence electrons. The lowest BCUT2D eigenvalue weighted by molar-refractivity contribution is -0.271. The van der Waals surface area contributed by atoms with Gasteiger partial charge in [0, 0.05) is 4.47 Å². The molecule has 1 aromatic carbocycles. The van der Waals surface area contributed by atoms with Gasteiger partial charge in [-0.25, -0.2) is 4.79 Å². The average molecular weight is 456 g/mol. The average Bonchev–Trinajstić information content (AvgIpc) is 2.47. The molecule has 11 heteroatoms. The number of carbonyl (C=O) groups excluding carboxylic acids is 1. The van der Waals surface area contributed by atoms with Crippen molar-refractivity contribution >= 4 is 33.5 Å². The molecule has 3 nitrogen and oxygen atoms in total. The van der Waals surface area contributed by atoms with Crippen molar-refractivity contribution in [2.24, 2.45) is 0 Å². The molecule has 0 aliphatic rings. The van der Waals surface area contributed by atoms with Gasteiger partial charge in [-0.2, -0.15) is 26.3 Å². The second kappa shape index (κ2) is 7.86. The molecule has 0 spiro atoms. The maximum atomic E-state index is 14.0. The maximum absolute atomic E-state index is 14.0. The summed E-state index contributed by atoms with van der Waals surface area (Å²) >= 11 is 7.15. The number of ether oxygens (including phenoxy) is 2. The first-order valence-electron chi connectivity index (χ1n) is 6.47. The number of esters is 1. The van der Waals surface area contributed by atoms with Gasteiger partial charge in [0.1, 0.15) is 5.75 Å². The minimum Gasteiger partial charge on any atom is -0.463 e. The predicted molar refractivity (Wildman–Crippen MR) is 80.2 cm³/mol. The summed E-state index contributed by atoms with van der Waals surface area (Å²) in [5, 5.41) is -5.60. The third-order valence-electron chi connectivity index (χ3n) is 2.64. The van der Waals surface area contributed by atoms with E-state index < -0.39 is 34.7 Å². The highest BCUT2D eigenvalue weighted by molar-refractivity contribution is 9.10. The standard InChI is InChI=1S/C14H10BrClF6O3/c1-2-24-11(23)7-10(25-9-5-3-8(15)4-6-9)12(17,18)13(19,20)14(16,21)22/h3-7H,2H2,1H3/b10-7-. The quantitative estimate of drug-likeness (QED) is 0.182. The smallest absolute Gasteiger partial charge is 0.394 e. The third-order valence-corrected chi connectivity index (χ3v) is 3.40. The Morgan fingerprint density at radius 1 is 1.16 bits per heavy atom. The number of alkyl halides is 7. The van der Waals surface area contributed by atoms with Crippen molar-refractivity contribution in [3.63, 3.8) is 0 Å². The highest BCUT2D eigenvalue weighted by Gasteiger charge is 2.73. The lowest BCUT2D eigenvalue weighted by Crippen LogP contribution is -2.53. The molecule has 0 atom stereocenters. The molecule has 0 bridgehead atoms. The summed E-state index contributed by atoms with van der Waals surface area (Å²) in [6.07, 6.45) is -0.137. The third kappa shape index (κ3) is 5.04. The second-order valence-corrected chi connectivity index (χ2v) is 5.85. The fourth-order valence-corrected chi connectivity index (χ4v) is 1.82. The van der Waals surface area contributed by atoms with Crippen LogP contribution in [0.2, 0.25) is 0 Å². The molecule has 0 aliphatic carbocycles. The van der Waals surface area contributed by atoms with Crippen molar-refractivity contribution in [3.8, 4) is 5.75 Å². The van der Waals surface area contributed by atoms with Crippen LogP contribution in [0.15, 0.2) is 40.6 Å². The highest BCUT2D eigenvalue weighted by Crippen LogP contribution is 2.51. The molecule has 0 aromatic heterocycles. The van der Waals surface area contributed by atoms with E-state index in [1.807, 2.05) is 0 Å². The van der Waals surface area contributed by atoms with Crippen LogP contribution in [0.25, 0.3) is 0 Å². The van der Waals surface area contributed by atoms with E-state index in [0.717, 1.165) is 12.1 Å². The maximum Gasteiger partial charge on any atom is 0.394 e. The van der Waals surface area contributed by atoms with Crippen LogP contribution in [0.3, 0.4) is 0 Å². The summed E-state index contributed by atoms with van der Waals surface area (Å²) in [6.45, 7) is 1.05. The Balaban J connectivity index is 3.35. The molecule has 0 N–H and O–H groups in total. The number of allylic oxidation sites excluding steroid dienone is 1. The van der Waals surface area contributed by atoms with Gasteiger partial charge in [-0.1, -0.05) is 15.9 Å². The fourth-order valence-electron chi connectivity index (χ4n) is 1.44. The highest BCUT2D eigenvalue weighted by atomic mass is 79.9. The van der Waals surface area contributed by atoms with Gasteiger partial charge in [0.25, 0.3) is 0 Å². The topological polar surface area (TPSA) is 35.5 Å².